The summed E-state index contributed by atoms with van der Waals surface area (Å²) in [5.74, 6) is 0.0199. The van der Waals surface area contributed by atoms with Crippen LogP contribution < -0.4 is 10.6 Å². The van der Waals surface area contributed by atoms with Crippen molar-refractivity contribution in [2.75, 3.05) is 33.9 Å². The van der Waals surface area contributed by atoms with Crippen molar-refractivity contribution in [1.29, 1.82) is 0 Å². The molecule has 27 heavy (non-hydrogen) atoms. The number of rotatable bonds is 10. The van der Waals surface area contributed by atoms with E-state index < -0.39 is 0 Å². The second-order valence-corrected chi connectivity index (χ2v) is 6.92. The maximum absolute atomic E-state index is 11.9. The first kappa shape index (κ1) is 26.1. The van der Waals surface area contributed by atoms with Crippen LogP contribution in [0.2, 0.25) is 0 Å². The van der Waals surface area contributed by atoms with E-state index in [1.165, 1.54) is 43.2 Å². The number of carbonyl (C=O) groups excluding carboxylic acids is 1. The molecule has 156 valence electrons. The van der Waals surface area contributed by atoms with E-state index in [9.17, 15) is 4.79 Å². The lowest BCUT2D eigenvalue weighted by molar-refractivity contribution is -0.120. The second-order valence-electron chi connectivity index (χ2n) is 6.92. The lowest BCUT2D eigenvalue weighted by Gasteiger charge is -2.31. The number of nitrogens with zero attached hydrogens (tertiary/aromatic N) is 1. The minimum absolute atomic E-state index is 0. The zero-order valence-electron chi connectivity index (χ0n) is 16.5. The molecule has 0 unspecified atom stereocenters. The molecule has 1 saturated carbocycles. The fraction of sp³-hybridized carbons (Fsp3) is 0.650. The summed E-state index contributed by atoms with van der Waals surface area (Å²) < 4.78 is 4.96. The molecule has 0 atom stereocenters. The first-order valence-corrected chi connectivity index (χ1v) is 9.44. The van der Waals surface area contributed by atoms with Crippen LogP contribution in [0.3, 0.4) is 0 Å². The molecule has 2 N–H and O–H groups in total. The van der Waals surface area contributed by atoms with Crippen molar-refractivity contribution >= 4 is 30.7 Å². The first-order chi connectivity index (χ1) is 12.2. The molecule has 7 heteroatoms. The highest BCUT2D eigenvalue weighted by Crippen LogP contribution is 2.23. The summed E-state index contributed by atoms with van der Waals surface area (Å²) in [5, 5.41) is 6.08. The molecule has 1 amide bonds. The maximum Gasteiger partial charge on any atom is 0.234 e. The Morgan fingerprint density at radius 3 is 2.48 bits per heavy atom. The SMILES string of the molecule is COCCNCC(=O)NCc1ccccc1CN(C)C1CCCCC1.Cl.Cl. The predicted molar refractivity (Wildman–Crippen MR) is 116 cm³/mol. The van der Waals surface area contributed by atoms with Crippen molar-refractivity contribution in [3.63, 3.8) is 0 Å². The van der Waals surface area contributed by atoms with E-state index in [1.54, 1.807) is 7.11 Å². The minimum Gasteiger partial charge on any atom is -0.383 e. The van der Waals surface area contributed by atoms with Gasteiger partial charge < -0.3 is 15.4 Å². The van der Waals surface area contributed by atoms with Crippen LogP contribution in [0.15, 0.2) is 24.3 Å². The van der Waals surface area contributed by atoms with Gasteiger partial charge >= 0.3 is 0 Å². The molecule has 0 saturated heterocycles. The third-order valence-electron chi connectivity index (χ3n) is 4.98. The highest BCUT2D eigenvalue weighted by atomic mass is 35.5. The Morgan fingerprint density at radius 2 is 1.81 bits per heavy atom. The normalized spacial score (nSPS) is 14.3. The van der Waals surface area contributed by atoms with E-state index in [0.717, 1.165) is 6.54 Å². The third kappa shape index (κ3) is 9.77. The lowest BCUT2D eigenvalue weighted by Crippen LogP contribution is -2.35. The van der Waals surface area contributed by atoms with Crippen molar-refractivity contribution in [3.05, 3.63) is 35.4 Å². The average molecular weight is 420 g/mol. The van der Waals surface area contributed by atoms with Crippen molar-refractivity contribution in [2.24, 2.45) is 0 Å². The fourth-order valence-electron chi connectivity index (χ4n) is 3.44. The van der Waals surface area contributed by atoms with Crippen LogP contribution in [-0.2, 0) is 22.6 Å². The Bertz CT molecular complexity index is 526. The predicted octanol–water partition coefficient (Wildman–Crippen LogP) is 3.15. The monoisotopic (exact) mass is 419 g/mol. The molecule has 1 aliphatic carbocycles. The molecule has 1 aromatic carbocycles. The van der Waals surface area contributed by atoms with Gasteiger partial charge in [-0.25, -0.2) is 0 Å². The fourth-order valence-corrected chi connectivity index (χ4v) is 3.44. The maximum atomic E-state index is 11.9. The van der Waals surface area contributed by atoms with Gasteiger partial charge in [0, 0.05) is 32.8 Å². The molecule has 1 aromatic rings. The van der Waals surface area contributed by atoms with Gasteiger partial charge in [-0.05, 0) is 31.0 Å². The molecule has 1 fully saturated rings. The second kappa shape index (κ2) is 15.1. The van der Waals surface area contributed by atoms with E-state index in [4.69, 9.17) is 4.74 Å². The van der Waals surface area contributed by atoms with E-state index in [2.05, 4.69) is 40.8 Å². The summed E-state index contributed by atoms with van der Waals surface area (Å²) in [5.41, 5.74) is 2.51. The number of carbonyl (C=O) groups is 1. The minimum atomic E-state index is 0. The van der Waals surface area contributed by atoms with Crippen LogP contribution in [0.4, 0.5) is 0 Å². The Kier molecular flexibility index (Phi) is 14.6. The number of halogens is 2. The summed E-state index contributed by atoms with van der Waals surface area (Å²) >= 11 is 0. The molecule has 0 heterocycles. The van der Waals surface area contributed by atoms with E-state index in [1.807, 2.05) is 6.07 Å². The van der Waals surface area contributed by atoms with Crippen LogP contribution in [0.1, 0.15) is 43.2 Å². The number of ether oxygens (including phenoxy) is 1. The number of amides is 1. The average Bonchev–Trinajstić information content (AvgIpc) is 2.65. The van der Waals surface area contributed by atoms with Gasteiger partial charge in [0.25, 0.3) is 0 Å². The summed E-state index contributed by atoms with van der Waals surface area (Å²) in [6.45, 7) is 3.16. The summed E-state index contributed by atoms with van der Waals surface area (Å²) in [7, 11) is 3.88. The van der Waals surface area contributed by atoms with Crippen LogP contribution in [0.5, 0.6) is 0 Å². The molecular formula is C20H35Cl2N3O2. The standard InChI is InChI=1S/C20H33N3O2.2ClH/c1-23(19-10-4-3-5-11-19)16-18-9-7-6-8-17(18)14-22-20(24)15-21-12-13-25-2;;/h6-9,19,21H,3-5,10-16H2,1-2H3,(H,22,24);2*1H. The quantitative estimate of drug-likeness (QED) is 0.571. The van der Waals surface area contributed by atoms with Gasteiger partial charge in [0.2, 0.25) is 5.91 Å². The van der Waals surface area contributed by atoms with Crippen molar-refractivity contribution in [2.45, 2.75) is 51.2 Å². The molecule has 5 nitrogen and oxygen atoms in total. The van der Waals surface area contributed by atoms with Crippen LogP contribution in [0.25, 0.3) is 0 Å². The number of methoxy groups -OCH3 is 1. The van der Waals surface area contributed by atoms with Gasteiger partial charge in [-0.2, -0.15) is 0 Å². The van der Waals surface area contributed by atoms with Crippen molar-refractivity contribution in [3.8, 4) is 0 Å². The third-order valence-corrected chi connectivity index (χ3v) is 4.98. The molecule has 0 radical (unpaired) electrons. The highest BCUT2D eigenvalue weighted by molar-refractivity contribution is 5.85. The zero-order valence-corrected chi connectivity index (χ0v) is 18.2. The number of benzene rings is 1. The molecule has 0 spiro atoms. The Hall–Kier alpha value is -0.850. The topological polar surface area (TPSA) is 53.6 Å². The molecular weight excluding hydrogens is 385 g/mol. The lowest BCUT2D eigenvalue weighted by atomic mass is 9.94. The zero-order chi connectivity index (χ0) is 17.9. The molecule has 2 rings (SSSR count). The number of nitrogens with one attached hydrogen (secondary N) is 2. The smallest absolute Gasteiger partial charge is 0.234 e. The highest BCUT2D eigenvalue weighted by Gasteiger charge is 2.18. The van der Waals surface area contributed by atoms with E-state index in [0.29, 0.717) is 32.3 Å². The van der Waals surface area contributed by atoms with Crippen molar-refractivity contribution < 1.29 is 9.53 Å². The Labute approximate surface area is 176 Å². The molecule has 0 aromatic heterocycles. The van der Waals surface area contributed by atoms with Gasteiger partial charge in [0.05, 0.1) is 13.2 Å². The first-order valence-electron chi connectivity index (χ1n) is 9.44. The Morgan fingerprint density at radius 1 is 1.15 bits per heavy atom. The van der Waals surface area contributed by atoms with Gasteiger partial charge in [0.15, 0.2) is 0 Å². The van der Waals surface area contributed by atoms with Gasteiger partial charge in [-0.1, -0.05) is 43.5 Å². The molecule has 0 aliphatic heterocycles. The van der Waals surface area contributed by atoms with Crippen molar-refractivity contribution in [1.82, 2.24) is 15.5 Å². The number of hydrogen-bond donors (Lipinski definition) is 2. The van der Waals surface area contributed by atoms with E-state index in [-0.39, 0.29) is 30.7 Å². The number of hydrogen-bond acceptors (Lipinski definition) is 4. The van der Waals surface area contributed by atoms with Gasteiger partial charge in [0.1, 0.15) is 0 Å². The molecule has 1 aliphatic rings. The van der Waals surface area contributed by atoms with E-state index >= 15 is 0 Å². The van der Waals surface area contributed by atoms with Gasteiger partial charge in [-0.15, -0.1) is 24.8 Å². The van der Waals surface area contributed by atoms with Crippen LogP contribution >= 0.6 is 24.8 Å². The van der Waals surface area contributed by atoms with Crippen LogP contribution in [-0.4, -0.2) is 50.7 Å². The van der Waals surface area contributed by atoms with Crippen LogP contribution in [0, 0.1) is 0 Å². The summed E-state index contributed by atoms with van der Waals surface area (Å²) in [4.78, 5) is 14.4. The summed E-state index contributed by atoms with van der Waals surface area (Å²) in [6.07, 6.45) is 6.70. The Balaban J connectivity index is 0.00000338. The molecule has 0 bridgehead atoms. The van der Waals surface area contributed by atoms with Gasteiger partial charge in [-0.3, -0.25) is 9.69 Å². The summed E-state index contributed by atoms with van der Waals surface area (Å²) in [6, 6.07) is 9.12. The largest absolute Gasteiger partial charge is 0.383 e.